The summed E-state index contributed by atoms with van der Waals surface area (Å²) >= 11 is 5.80. The van der Waals surface area contributed by atoms with E-state index in [1.54, 1.807) is 0 Å². The van der Waals surface area contributed by atoms with Gasteiger partial charge in [-0.15, -0.1) is 11.6 Å². The van der Waals surface area contributed by atoms with Crippen molar-refractivity contribution in [1.29, 1.82) is 0 Å². The zero-order chi connectivity index (χ0) is 8.10. The molecule has 0 aromatic carbocycles. The Bertz CT molecular complexity index is 100. The molecule has 1 N–H and O–H groups in total. The summed E-state index contributed by atoms with van der Waals surface area (Å²) in [5.41, 5.74) is 0. The van der Waals surface area contributed by atoms with Gasteiger partial charge in [0.25, 0.3) is 0 Å². The first-order chi connectivity index (χ1) is 5.38. The van der Waals surface area contributed by atoms with Crippen molar-refractivity contribution in [3.8, 4) is 0 Å². The van der Waals surface area contributed by atoms with Gasteiger partial charge in [-0.05, 0) is 25.8 Å². The first-order valence-corrected chi connectivity index (χ1v) is 4.73. The molecule has 0 saturated carbocycles. The van der Waals surface area contributed by atoms with Crippen molar-refractivity contribution in [2.24, 2.45) is 5.92 Å². The van der Waals surface area contributed by atoms with Crippen LogP contribution in [-0.2, 0) is 4.74 Å². The molecule has 3 heteroatoms. The summed E-state index contributed by atoms with van der Waals surface area (Å²) in [5, 5.41) is 3.23. The van der Waals surface area contributed by atoms with Crippen molar-refractivity contribution in [2.75, 3.05) is 26.1 Å². The predicted octanol–water partition coefficient (Wildman–Crippen LogP) is 1.24. The molecule has 1 aliphatic rings. The van der Waals surface area contributed by atoms with Crippen LogP contribution in [0.4, 0.5) is 0 Å². The Labute approximate surface area is 73.3 Å². The van der Waals surface area contributed by atoms with Gasteiger partial charge in [-0.25, -0.2) is 0 Å². The maximum atomic E-state index is 5.80. The van der Waals surface area contributed by atoms with Crippen LogP contribution < -0.4 is 5.32 Å². The fourth-order valence-electron chi connectivity index (χ4n) is 1.56. The van der Waals surface area contributed by atoms with Crippen molar-refractivity contribution < 1.29 is 4.74 Å². The predicted molar refractivity (Wildman–Crippen MR) is 47.1 cm³/mol. The average Bonchev–Trinajstić information content (AvgIpc) is 2.09. The second-order valence-corrected chi connectivity index (χ2v) is 3.31. The minimum atomic E-state index is 0.473. The summed E-state index contributed by atoms with van der Waals surface area (Å²) < 4.78 is 5.27. The van der Waals surface area contributed by atoms with Gasteiger partial charge in [0.15, 0.2) is 0 Å². The lowest BCUT2D eigenvalue weighted by molar-refractivity contribution is 0.0573. The molecule has 0 bridgehead atoms. The summed E-state index contributed by atoms with van der Waals surface area (Å²) in [7, 11) is 1.97. The number of ether oxygens (including phenoxy) is 1. The molecule has 1 aliphatic heterocycles. The van der Waals surface area contributed by atoms with E-state index in [-0.39, 0.29) is 0 Å². The van der Waals surface area contributed by atoms with Crippen molar-refractivity contribution in [1.82, 2.24) is 5.32 Å². The van der Waals surface area contributed by atoms with E-state index in [0.717, 1.165) is 26.1 Å². The van der Waals surface area contributed by atoms with E-state index in [1.165, 1.54) is 0 Å². The topological polar surface area (TPSA) is 21.3 Å². The van der Waals surface area contributed by atoms with Crippen molar-refractivity contribution in [3.63, 3.8) is 0 Å². The van der Waals surface area contributed by atoms with Crippen LogP contribution >= 0.6 is 11.6 Å². The third kappa shape index (κ3) is 2.62. The number of alkyl halides is 1. The molecule has 0 aromatic heterocycles. The SMILES string of the molecule is CNC(CCl)C1CCOCC1. The number of halogens is 1. The third-order valence-corrected chi connectivity index (χ3v) is 2.70. The standard InChI is InChI=1S/C8H16ClNO/c1-10-8(6-9)7-2-4-11-5-3-7/h7-8,10H,2-6H2,1H3. The van der Waals surface area contributed by atoms with Gasteiger partial charge < -0.3 is 10.1 Å². The van der Waals surface area contributed by atoms with Gasteiger partial charge in [-0.2, -0.15) is 0 Å². The summed E-state index contributed by atoms with van der Waals surface area (Å²) in [5.74, 6) is 1.42. The lowest BCUT2D eigenvalue weighted by Gasteiger charge is -2.28. The van der Waals surface area contributed by atoms with Crippen LogP contribution in [0.15, 0.2) is 0 Å². The lowest BCUT2D eigenvalue weighted by Crippen LogP contribution is -2.38. The highest BCUT2D eigenvalue weighted by Gasteiger charge is 2.21. The Morgan fingerprint density at radius 2 is 2.18 bits per heavy atom. The van der Waals surface area contributed by atoms with Crippen LogP contribution in [0.1, 0.15) is 12.8 Å². The first-order valence-electron chi connectivity index (χ1n) is 4.19. The summed E-state index contributed by atoms with van der Waals surface area (Å²) in [6.07, 6.45) is 2.30. The molecule has 0 spiro atoms. The molecule has 0 aliphatic carbocycles. The molecule has 0 radical (unpaired) electrons. The zero-order valence-corrected chi connectivity index (χ0v) is 7.73. The lowest BCUT2D eigenvalue weighted by atomic mass is 9.93. The molecule has 0 aromatic rings. The van der Waals surface area contributed by atoms with Gasteiger partial charge in [0.1, 0.15) is 0 Å². The Balaban J connectivity index is 2.30. The smallest absolute Gasteiger partial charge is 0.0469 e. The highest BCUT2D eigenvalue weighted by atomic mass is 35.5. The number of hydrogen-bond donors (Lipinski definition) is 1. The molecule has 1 unspecified atom stereocenters. The molecule has 1 heterocycles. The van der Waals surface area contributed by atoms with Crippen molar-refractivity contribution in [2.45, 2.75) is 18.9 Å². The van der Waals surface area contributed by atoms with Gasteiger partial charge in [0.2, 0.25) is 0 Å². The van der Waals surface area contributed by atoms with Crippen LogP contribution in [0.5, 0.6) is 0 Å². The second-order valence-electron chi connectivity index (χ2n) is 3.00. The van der Waals surface area contributed by atoms with E-state index < -0.39 is 0 Å². The van der Waals surface area contributed by atoms with Crippen molar-refractivity contribution >= 4 is 11.6 Å². The quantitative estimate of drug-likeness (QED) is 0.656. The van der Waals surface area contributed by atoms with Crippen molar-refractivity contribution in [3.05, 3.63) is 0 Å². The number of hydrogen-bond acceptors (Lipinski definition) is 2. The monoisotopic (exact) mass is 177 g/mol. The Morgan fingerprint density at radius 3 is 2.64 bits per heavy atom. The molecule has 2 nitrogen and oxygen atoms in total. The Kier molecular flexibility index (Phi) is 4.20. The minimum absolute atomic E-state index is 0.473. The van der Waals surface area contributed by atoms with Crippen LogP contribution in [0.2, 0.25) is 0 Å². The van der Waals surface area contributed by atoms with Gasteiger partial charge in [0, 0.05) is 25.1 Å². The molecular weight excluding hydrogens is 162 g/mol. The van der Waals surface area contributed by atoms with Crippen LogP contribution in [0.25, 0.3) is 0 Å². The van der Waals surface area contributed by atoms with E-state index in [0.29, 0.717) is 17.8 Å². The molecule has 11 heavy (non-hydrogen) atoms. The Morgan fingerprint density at radius 1 is 1.55 bits per heavy atom. The van der Waals surface area contributed by atoms with Crippen LogP contribution in [-0.4, -0.2) is 32.2 Å². The molecule has 0 amide bonds. The van der Waals surface area contributed by atoms with E-state index in [2.05, 4.69) is 5.32 Å². The molecule has 66 valence electrons. The van der Waals surface area contributed by atoms with E-state index in [9.17, 15) is 0 Å². The molecule has 1 saturated heterocycles. The zero-order valence-electron chi connectivity index (χ0n) is 6.98. The molecule has 1 rings (SSSR count). The molecule has 1 atom stereocenters. The van der Waals surface area contributed by atoms with E-state index in [1.807, 2.05) is 7.05 Å². The normalized spacial score (nSPS) is 23.5. The fourth-order valence-corrected chi connectivity index (χ4v) is 1.96. The maximum Gasteiger partial charge on any atom is 0.0469 e. The maximum absolute atomic E-state index is 5.80. The number of nitrogens with one attached hydrogen (secondary N) is 1. The summed E-state index contributed by atoms with van der Waals surface area (Å²) in [4.78, 5) is 0. The highest BCUT2D eigenvalue weighted by Crippen LogP contribution is 2.19. The van der Waals surface area contributed by atoms with E-state index in [4.69, 9.17) is 16.3 Å². The largest absolute Gasteiger partial charge is 0.381 e. The second kappa shape index (κ2) is 4.96. The van der Waals surface area contributed by atoms with Crippen LogP contribution in [0.3, 0.4) is 0 Å². The Hall–Kier alpha value is 0.210. The fraction of sp³-hybridized carbons (Fsp3) is 1.00. The molecule has 1 fully saturated rings. The highest BCUT2D eigenvalue weighted by molar-refractivity contribution is 6.18. The van der Waals surface area contributed by atoms with Gasteiger partial charge in [-0.3, -0.25) is 0 Å². The van der Waals surface area contributed by atoms with E-state index >= 15 is 0 Å². The average molecular weight is 178 g/mol. The first kappa shape index (κ1) is 9.30. The van der Waals surface area contributed by atoms with Crippen LogP contribution in [0, 0.1) is 5.92 Å². The third-order valence-electron chi connectivity index (χ3n) is 2.37. The van der Waals surface area contributed by atoms with Gasteiger partial charge in [-0.1, -0.05) is 0 Å². The summed E-state index contributed by atoms with van der Waals surface area (Å²) in [6, 6.07) is 0.473. The molecular formula is C8H16ClNO. The number of rotatable bonds is 3. The van der Waals surface area contributed by atoms with Gasteiger partial charge in [0.05, 0.1) is 0 Å². The minimum Gasteiger partial charge on any atom is -0.381 e. The van der Waals surface area contributed by atoms with Gasteiger partial charge >= 0.3 is 0 Å². The summed E-state index contributed by atoms with van der Waals surface area (Å²) in [6.45, 7) is 1.81.